The summed E-state index contributed by atoms with van der Waals surface area (Å²) in [5.74, 6) is -0.238. The minimum absolute atomic E-state index is 0.114. The molecule has 0 fully saturated rings. The van der Waals surface area contributed by atoms with Gasteiger partial charge in [-0.15, -0.1) is 0 Å². The Morgan fingerprint density at radius 1 is 0.742 bits per heavy atom. The van der Waals surface area contributed by atoms with Crippen LogP contribution in [-0.4, -0.2) is 11.6 Å². The SMILES string of the molecule is Cc1cc(Nc2ccccc2)cc2c1C(=O)c1c(NC3=CCCC=C3)cccc1C2=O. The van der Waals surface area contributed by atoms with Gasteiger partial charge < -0.3 is 10.6 Å². The molecular weight excluding hydrogens is 384 g/mol. The maximum atomic E-state index is 13.6. The molecule has 0 aromatic heterocycles. The molecule has 0 aliphatic heterocycles. The molecule has 0 amide bonds. The Labute approximate surface area is 181 Å². The second-order valence-corrected chi connectivity index (χ2v) is 7.86. The minimum atomic E-state index is -0.124. The summed E-state index contributed by atoms with van der Waals surface area (Å²) in [5.41, 5.74) is 5.95. The molecule has 0 saturated heterocycles. The topological polar surface area (TPSA) is 58.2 Å². The number of para-hydroxylation sites is 1. The van der Waals surface area contributed by atoms with Crippen molar-refractivity contribution >= 4 is 28.6 Å². The summed E-state index contributed by atoms with van der Waals surface area (Å²) < 4.78 is 0. The number of hydrogen-bond acceptors (Lipinski definition) is 4. The highest BCUT2D eigenvalue weighted by molar-refractivity contribution is 6.31. The van der Waals surface area contributed by atoms with Gasteiger partial charge in [0.25, 0.3) is 0 Å². The van der Waals surface area contributed by atoms with Gasteiger partial charge in [-0.05, 0) is 61.7 Å². The first-order valence-corrected chi connectivity index (χ1v) is 10.4. The molecule has 0 saturated carbocycles. The number of fused-ring (bicyclic) bond motifs is 2. The molecule has 0 unspecified atom stereocenters. The summed E-state index contributed by atoms with van der Waals surface area (Å²) >= 11 is 0. The van der Waals surface area contributed by atoms with Crippen LogP contribution in [0, 0.1) is 6.92 Å². The number of aryl methyl sites for hydroxylation is 1. The maximum Gasteiger partial charge on any atom is 0.196 e. The van der Waals surface area contributed by atoms with Crippen molar-refractivity contribution in [2.45, 2.75) is 19.8 Å². The van der Waals surface area contributed by atoms with E-state index in [4.69, 9.17) is 0 Å². The highest BCUT2D eigenvalue weighted by atomic mass is 16.1. The summed E-state index contributed by atoms with van der Waals surface area (Å²) in [6.45, 7) is 1.88. The molecule has 0 radical (unpaired) electrons. The van der Waals surface area contributed by atoms with Crippen LogP contribution in [0.3, 0.4) is 0 Å². The lowest BCUT2D eigenvalue weighted by atomic mass is 9.81. The molecule has 5 rings (SSSR count). The zero-order valence-electron chi connectivity index (χ0n) is 17.2. The predicted octanol–water partition coefficient (Wildman–Crippen LogP) is 6.16. The fraction of sp³-hybridized carbons (Fsp3) is 0.111. The van der Waals surface area contributed by atoms with Gasteiger partial charge in [0.05, 0.1) is 11.3 Å². The molecule has 152 valence electrons. The highest BCUT2D eigenvalue weighted by Gasteiger charge is 2.33. The number of nitrogens with one attached hydrogen (secondary N) is 2. The normalized spacial score (nSPS) is 14.5. The third kappa shape index (κ3) is 3.46. The zero-order chi connectivity index (χ0) is 21.4. The minimum Gasteiger partial charge on any atom is -0.355 e. The second-order valence-electron chi connectivity index (χ2n) is 7.86. The monoisotopic (exact) mass is 406 g/mol. The molecule has 0 heterocycles. The van der Waals surface area contributed by atoms with E-state index >= 15 is 0 Å². The average Bonchev–Trinajstić information content (AvgIpc) is 2.78. The quantitative estimate of drug-likeness (QED) is 0.426. The first-order valence-electron chi connectivity index (χ1n) is 10.4. The molecule has 0 atom stereocenters. The average molecular weight is 406 g/mol. The smallest absolute Gasteiger partial charge is 0.196 e. The van der Waals surface area contributed by atoms with Crippen molar-refractivity contribution < 1.29 is 9.59 Å². The molecule has 4 heteroatoms. The van der Waals surface area contributed by atoms with Crippen LogP contribution in [0.15, 0.2) is 84.6 Å². The number of hydrogen-bond donors (Lipinski definition) is 2. The van der Waals surface area contributed by atoms with Crippen LogP contribution in [0.2, 0.25) is 0 Å². The van der Waals surface area contributed by atoms with Crippen molar-refractivity contribution in [3.8, 4) is 0 Å². The zero-order valence-corrected chi connectivity index (χ0v) is 17.2. The van der Waals surface area contributed by atoms with E-state index in [1.54, 1.807) is 12.1 Å². The molecule has 31 heavy (non-hydrogen) atoms. The number of rotatable bonds is 4. The number of benzene rings is 3. The number of ketones is 2. The van der Waals surface area contributed by atoms with E-state index in [-0.39, 0.29) is 11.6 Å². The van der Waals surface area contributed by atoms with E-state index < -0.39 is 0 Å². The Hall–Kier alpha value is -3.92. The van der Waals surface area contributed by atoms with Crippen molar-refractivity contribution in [1.29, 1.82) is 0 Å². The Balaban J connectivity index is 1.56. The first kappa shape index (κ1) is 19.1. The van der Waals surface area contributed by atoms with Gasteiger partial charge in [-0.2, -0.15) is 0 Å². The van der Waals surface area contributed by atoms with Gasteiger partial charge in [0.1, 0.15) is 0 Å². The summed E-state index contributed by atoms with van der Waals surface area (Å²) in [5, 5.41) is 6.67. The van der Waals surface area contributed by atoms with Crippen LogP contribution in [0.1, 0.15) is 50.2 Å². The molecule has 2 aliphatic rings. The highest BCUT2D eigenvalue weighted by Crippen LogP contribution is 2.36. The third-order valence-electron chi connectivity index (χ3n) is 5.68. The van der Waals surface area contributed by atoms with E-state index in [1.165, 1.54) is 0 Å². The van der Waals surface area contributed by atoms with Crippen LogP contribution in [-0.2, 0) is 0 Å². The summed E-state index contributed by atoms with van der Waals surface area (Å²) in [6, 6.07) is 18.9. The van der Waals surface area contributed by atoms with Gasteiger partial charge in [-0.25, -0.2) is 0 Å². The van der Waals surface area contributed by atoms with Gasteiger partial charge in [0.15, 0.2) is 11.6 Å². The molecule has 3 aromatic carbocycles. The summed E-state index contributed by atoms with van der Waals surface area (Å²) in [4.78, 5) is 27.0. The first-order chi connectivity index (χ1) is 15.1. The van der Waals surface area contributed by atoms with Crippen LogP contribution in [0.5, 0.6) is 0 Å². The molecular formula is C27H22N2O2. The van der Waals surface area contributed by atoms with Crippen LogP contribution in [0.4, 0.5) is 17.1 Å². The van der Waals surface area contributed by atoms with Gasteiger partial charge in [-0.1, -0.05) is 42.5 Å². The van der Waals surface area contributed by atoms with Crippen molar-refractivity contribution in [3.63, 3.8) is 0 Å². The van der Waals surface area contributed by atoms with Gasteiger partial charge >= 0.3 is 0 Å². The molecule has 0 spiro atoms. The Kier molecular flexibility index (Phi) is 4.75. The molecule has 0 bridgehead atoms. The lowest BCUT2D eigenvalue weighted by molar-refractivity contribution is 0.0979. The second kappa shape index (κ2) is 7.73. The Morgan fingerprint density at radius 3 is 2.35 bits per heavy atom. The van der Waals surface area contributed by atoms with Crippen molar-refractivity contribution in [2.24, 2.45) is 0 Å². The van der Waals surface area contributed by atoms with Crippen LogP contribution in [0.25, 0.3) is 0 Å². The number of carbonyl (C=O) groups is 2. The lowest BCUT2D eigenvalue weighted by Crippen LogP contribution is -2.24. The molecule has 3 aromatic rings. The predicted molar refractivity (Wildman–Crippen MR) is 124 cm³/mol. The van der Waals surface area contributed by atoms with E-state index in [1.807, 2.05) is 61.5 Å². The van der Waals surface area contributed by atoms with Crippen molar-refractivity contribution in [2.75, 3.05) is 10.6 Å². The maximum absolute atomic E-state index is 13.6. The van der Waals surface area contributed by atoms with E-state index in [0.29, 0.717) is 27.9 Å². The number of allylic oxidation sites excluding steroid dienone is 3. The van der Waals surface area contributed by atoms with E-state index in [9.17, 15) is 9.59 Å². The van der Waals surface area contributed by atoms with Crippen LogP contribution < -0.4 is 10.6 Å². The fourth-order valence-electron chi connectivity index (χ4n) is 4.25. The number of carbonyl (C=O) groups excluding carboxylic acids is 2. The molecule has 2 aliphatic carbocycles. The largest absolute Gasteiger partial charge is 0.355 e. The van der Waals surface area contributed by atoms with Gasteiger partial charge in [-0.3, -0.25) is 9.59 Å². The van der Waals surface area contributed by atoms with E-state index in [2.05, 4.69) is 22.8 Å². The lowest BCUT2D eigenvalue weighted by Gasteiger charge is -2.23. The summed E-state index contributed by atoms with van der Waals surface area (Å²) in [6.07, 6.45) is 8.20. The van der Waals surface area contributed by atoms with E-state index in [0.717, 1.165) is 35.5 Å². The van der Waals surface area contributed by atoms with Crippen molar-refractivity contribution in [1.82, 2.24) is 0 Å². The third-order valence-corrected chi connectivity index (χ3v) is 5.68. The fourth-order valence-corrected chi connectivity index (χ4v) is 4.25. The Morgan fingerprint density at radius 2 is 1.58 bits per heavy atom. The molecule has 4 nitrogen and oxygen atoms in total. The standard InChI is InChI=1S/C27H22N2O2/c1-17-15-20(28-18-9-4-2-5-10-18)16-22-24(17)27(31)25-21(26(22)30)13-8-14-23(25)29-19-11-6-3-7-12-19/h2,4-6,8-16,28-29H,3,7H2,1H3. The summed E-state index contributed by atoms with van der Waals surface area (Å²) in [7, 11) is 0. The van der Waals surface area contributed by atoms with Crippen molar-refractivity contribution in [3.05, 3.63) is 112 Å². The van der Waals surface area contributed by atoms with Gasteiger partial charge in [0, 0.05) is 33.8 Å². The molecule has 2 N–H and O–H groups in total. The van der Waals surface area contributed by atoms with Gasteiger partial charge in [0.2, 0.25) is 0 Å². The van der Waals surface area contributed by atoms with Crippen LogP contribution >= 0.6 is 0 Å². The Bertz CT molecular complexity index is 1270. The number of anilines is 3.